The summed E-state index contributed by atoms with van der Waals surface area (Å²) in [4.78, 5) is 12.1. The highest BCUT2D eigenvalue weighted by atomic mass is 35.5. The molecule has 0 atom stereocenters. The van der Waals surface area contributed by atoms with Gasteiger partial charge in [0.05, 0.1) is 13.2 Å². The summed E-state index contributed by atoms with van der Waals surface area (Å²) in [6.07, 6.45) is 11.1. The lowest BCUT2D eigenvalue weighted by atomic mass is 9.48. The van der Waals surface area contributed by atoms with Gasteiger partial charge < -0.3 is 14.2 Å². The van der Waals surface area contributed by atoms with Crippen LogP contribution in [0.4, 0.5) is 0 Å². The highest BCUT2D eigenvalue weighted by Crippen LogP contribution is 2.62. The first-order valence-electron chi connectivity index (χ1n) is 15.1. The average molecular weight is 571 g/mol. The number of carbonyl (C=O) groups is 1. The predicted molar refractivity (Wildman–Crippen MR) is 164 cm³/mol. The van der Waals surface area contributed by atoms with Crippen LogP contribution in [0.5, 0.6) is 11.5 Å². The van der Waals surface area contributed by atoms with Gasteiger partial charge >= 0.3 is 5.97 Å². The van der Waals surface area contributed by atoms with E-state index < -0.39 is 0 Å². The number of halogens is 1. The molecule has 0 aromatic heterocycles. The molecule has 41 heavy (non-hydrogen) atoms. The van der Waals surface area contributed by atoms with Crippen LogP contribution in [-0.2, 0) is 21.6 Å². The molecule has 4 aliphatic carbocycles. The van der Waals surface area contributed by atoms with Gasteiger partial charge in [-0.15, -0.1) is 0 Å². The van der Waals surface area contributed by atoms with Gasteiger partial charge in [0, 0.05) is 27.8 Å². The number of hydrogen-bond donors (Lipinski definition) is 0. The van der Waals surface area contributed by atoms with Gasteiger partial charge in [0.25, 0.3) is 0 Å². The van der Waals surface area contributed by atoms with Gasteiger partial charge in [-0.25, -0.2) is 4.79 Å². The fourth-order valence-corrected chi connectivity index (χ4v) is 8.25. The van der Waals surface area contributed by atoms with Crippen LogP contribution in [0.1, 0.15) is 69.1 Å². The molecule has 4 aliphatic rings. The summed E-state index contributed by atoms with van der Waals surface area (Å²) in [7, 11) is 0. The lowest BCUT2D eigenvalue weighted by Gasteiger charge is -2.57. The predicted octanol–water partition coefficient (Wildman–Crippen LogP) is 9.03. The fraction of sp³-hybridized carbons (Fsp3) is 0.417. The maximum Gasteiger partial charge on any atom is 0.330 e. The summed E-state index contributed by atoms with van der Waals surface area (Å²) in [5.41, 5.74) is 5.37. The molecule has 0 unspecified atom stereocenters. The lowest BCUT2D eigenvalue weighted by Crippen LogP contribution is -2.48. The van der Waals surface area contributed by atoms with E-state index in [0.29, 0.717) is 30.6 Å². The first-order valence-corrected chi connectivity index (χ1v) is 15.5. The standard InChI is InChI=1S/C36H39ClO4/c1-3-39-34(38)13-11-29-17-30(37)19-31(35(29)40-4-2)28-10-12-33(41-23-24-8-6-5-7-9-24)32(18-28)36-20-25-14-26(21-36)16-27(15-25)22-36/h5-13,17-19,25-27H,3-4,14-16,20-23H2,1-2H3/b13-11+. The molecule has 5 heteroatoms. The van der Waals surface area contributed by atoms with E-state index in [1.165, 1.54) is 55.7 Å². The quantitative estimate of drug-likeness (QED) is 0.180. The summed E-state index contributed by atoms with van der Waals surface area (Å²) in [6, 6.07) is 20.8. The number of ether oxygens (including phenoxy) is 3. The molecule has 0 aliphatic heterocycles. The van der Waals surface area contributed by atoms with Crippen LogP contribution in [-0.4, -0.2) is 19.2 Å². The largest absolute Gasteiger partial charge is 0.493 e. The Balaban J connectivity index is 1.43. The zero-order valence-corrected chi connectivity index (χ0v) is 24.8. The molecular weight excluding hydrogens is 532 g/mol. The van der Waals surface area contributed by atoms with E-state index in [2.05, 4.69) is 42.5 Å². The zero-order chi connectivity index (χ0) is 28.4. The SMILES string of the molecule is CCOC(=O)/C=C/c1cc(Cl)cc(-c2ccc(OCc3ccccc3)c(C34CC5CC(CC(C5)C3)C4)c2)c1OCC. The molecule has 0 amide bonds. The number of hydrogen-bond acceptors (Lipinski definition) is 4. The Morgan fingerprint density at radius 1 is 0.902 bits per heavy atom. The summed E-state index contributed by atoms with van der Waals surface area (Å²) in [6.45, 7) is 5.13. The lowest BCUT2D eigenvalue weighted by molar-refractivity contribution is -0.137. The minimum atomic E-state index is -0.388. The smallest absolute Gasteiger partial charge is 0.330 e. The summed E-state index contributed by atoms with van der Waals surface area (Å²) in [5.74, 6) is 3.76. The number of carbonyl (C=O) groups excluding carboxylic acids is 1. The third-order valence-electron chi connectivity index (χ3n) is 9.19. The molecule has 0 N–H and O–H groups in total. The monoisotopic (exact) mass is 570 g/mol. The Labute approximate surface area is 248 Å². The zero-order valence-electron chi connectivity index (χ0n) is 24.0. The third-order valence-corrected chi connectivity index (χ3v) is 9.41. The third kappa shape index (κ3) is 5.90. The molecular formula is C36H39ClO4. The maximum atomic E-state index is 12.1. The molecule has 3 aromatic rings. The van der Waals surface area contributed by atoms with Crippen molar-refractivity contribution in [3.63, 3.8) is 0 Å². The molecule has 7 rings (SSSR count). The highest BCUT2D eigenvalue weighted by molar-refractivity contribution is 6.31. The molecule has 0 radical (unpaired) electrons. The van der Waals surface area contributed by atoms with Gasteiger partial charge in [0.15, 0.2) is 0 Å². The van der Waals surface area contributed by atoms with Crippen LogP contribution < -0.4 is 9.47 Å². The maximum absolute atomic E-state index is 12.1. The van der Waals surface area contributed by atoms with Crippen molar-refractivity contribution < 1.29 is 19.0 Å². The van der Waals surface area contributed by atoms with Crippen molar-refractivity contribution in [2.75, 3.05) is 13.2 Å². The van der Waals surface area contributed by atoms with E-state index >= 15 is 0 Å². The molecule has 0 spiro atoms. The van der Waals surface area contributed by atoms with E-state index in [1.807, 2.05) is 25.1 Å². The van der Waals surface area contributed by atoms with E-state index in [4.69, 9.17) is 25.8 Å². The summed E-state index contributed by atoms with van der Waals surface area (Å²) >= 11 is 6.66. The van der Waals surface area contributed by atoms with Crippen LogP contribution in [0, 0.1) is 17.8 Å². The highest BCUT2D eigenvalue weighted by Gasteiger charge is 2.52. The Bertz CT molecular complexity index is 1390. The topological polar surface area (TPSA) is 44.8 Å². The number of esters is 1. The average Bonchev–Trinajstić information content (AvgIpc) is 2.96. The van der Waals surface area contributed by atoms with Gasteiger partial charge in [-0.3, -0.25) is 0 Å². The Morgan fingerprint density at radius 3 is 2.27 bits per heavy atom. The van der Waals surface area contributed by atoms with Gasteiger partial charge in [-0.2, -0.15) is 0 Å². The molecule has 4 bridgehead atoms. The van der Waals surface area contributed by atoms with E-state index in [0.717, 1.165) is 40.2 Å². The van der Waals surface area contributed by atoms with Crippen LogP contribution in [0.15, 0.2) is 66.7 Å². The minimum Gasteiger partial charge on any atom is -0.493 e. The van der Waals surface area contributed by atoms with Crippen molar-refractivity contribution in [2.24, 2.45) is 17.8 Å². The Morgan fingerprint density at radius 2 is 1.61 bits per heavy atom. The van der Waals surface area contributed by atoms with Crippen molar-refractivity contribution in [3.05, 3.63) is 88.5 Å². The molecule has 4 saturated carbocycles. The van der Waals surface area contributed by atoms with E-state index in [9.17, 15) is 4.79 Å². The van der Waals surface area contributed by atoms with Crippen LogP contribution in [0.2, 0.25) is 5.02 Å². The molecule has 0 saturated heterocycles. The minimum absolute atomic E-state index is 0.147. The Kier molecular flexibility index (Phi) is 8.12. The first kappa shape index (κ1) is 27.9. The molecule has 214 valence electrons. The number of benzene rings is 3. The van der Waals surface area contributed by atoms with E-state index in [-0.39, 0.29) is 11.4 Å². The van der Waals surface area contributed by atoms with E-state index in [1.54, 1.807) is 13.0 Å². The first-order chi connectivity index (χ1) is 20.0. The van der Waals surface area contributed by atoms with Crippen LogP contribution in [0.25, 0.3) is 17.2 Å². The summed E-state index contributed by atoms with van der Waals surface area (Å²) < 4.78 is 17.9. The van der Waals surface area contributed by atoms with Crippen LogP contribution in [0.3, 0.4) is 0 Å². The number of rotatable bonds is 10. The Hall–Kier alpha value is -3.24. The molecule has 0 heterocycles. The van der Waals surface area contributed by atoms with Gasteiger partial charge in [-0.1, -0.05) is 48.0 Å². The van der Waals surface area contributed by atoms with Gasteiger partial charge in [-0.05, 0) is 117 Å². The second-order valence-corrected chi connectivity index (χ2v) is 12.5. The molecule has 4 nitrogen and oxygen atoms in total. The van der Waals surface area contributed by atoms with Gasteiger partial charge in [0.1, 0.15) is 18.1 Å². The normalized spacial score (nSPS) is 24.5. The molecule has 4 fully saturated rings. The van der Waals surface area contributed by atoms with Crippen molar-refractivity contribution in [2.45, 2.75) is 64.4 Å². The second kappa shape index (κ2) is 11.9. The van der Waals surface area contributed by atoms with Crippen LogP contribution >= 0.6 is 11.6 Å². The summed E-state index contributed by atoms with van der Waals surface area (Å²) in [5, 5.41) is 0.590. The van der Waals surface area contributed by atoms with Crippen molar-refractivity contribution in [1.82, 2.24) is 0 Å². The second-order valence-electron chi connectivity index (χ2n) is 12.1. The fourth-order valence-electron chi connectivity index (χ4n) is 8.02. The molecule has 3 aromatic carbocycles. The van der Waals surface area contributed by atoms with Crippen molar-refractivity contribution >= 4 is 23.6 Å². The van der Waals surface area contributed by atoms with Crippen molar-refractivity contribution in [3.8, 4) is 22.6 Å². The van der Waals surface area contributed by atoms with Gasteiger partial charge in [0.2, 0.25) is 0 Å². The van der Waals surface area contributed by atoms with Crippen molar-refractivity contribution in [1.29, 1.82) is 0 Å².